The van der Waals surface area contributed by atoms with Crippen molar-refractivity contribution in [1.29, 1.82) is 0 Å². The van der Waals surface area contributed by atoms with Gasteiger partial charge in [-0.3, -0.25) is 9.99 Å². The minimum Gasteiger partial charge on any atom is -0.493 e. The fourth-order valence-electron chi connectivity index (χ4n) is 4.14. The molecule has 0 aliphatic carbocycles. The Morgan fingerprint density at radius 2 is 2.06 bits per heavy atom. The first kappa shape index (κ1) is 23.8. The predicted molar refractivity (Wildman–Crippen MR) is 125 cm³/mol. The van der Waals surface area contributed by atoms with Crippen molar-refractivity contribution in [2.24, 2.45) is 17.1 Å². The van der Waals surface area contributed by atoms with E-state index >= 15 is 0 Å². The summed E-state index contributed by atoms with van der Waals surface area (Å²) in [6.45, 7) is 3.92. The van der Waals surface area contributed by atoms with Crippen molar-refractivity contribution in [2.75, 3.05) is 12.0 Å². The van der Waals surface area contributed by atoms with Gasteiger partial charge in [0.15, 0.2) is 5.69 Å². The number of halogens is 5. The van der Waals surface area contributed by atoms with E-state index in [-0.39, 0.29) is 28.4 Å². The molecule has 0 radical (unpaired) electrons. The molecule has 1 N–H and O–H groups in total. The van der Waals surface area contributed by atoms with Gasteiger partial charge in [0.2, 0.25) is 5.62 Å². The average Bonchev–Trinajstić information content (AvgIpc) is 3.47. The van der Waals surface area contributed by atoms with Crippen LogP contribution in [-0.4, -0.2) is 32.3 Å². The van der Waals surface area contributed by atoms with Gasteiger partial charge in [-0.2, -0.15) is 18.3 Å². The van der Waals surface area contributed by atoms with Crippen LogP contribution in [0, 0.1) is 5.82 Å². The minimum atomic E-state index is -4.64. The lowest BCUT2D eigenvalue weighted by Gasteiger charge is -2.15. The Kier molecular flexibility index (Phi) is 5.91. The number of hydrazone groups is 1. The normalized spacial score (nSPS) is 13.7. The predicted octanol–water partition coefficient (Wildman–Crippen LogP) is 4.61. The van der Waals surface area contributed by atoms with E-state index in [1.165, 1.54) is 33.5 Å². The van der Waals surface area contributed by atoms with Crippen molar-refractivity contribution >= 4 is 29.8 Å². The van der Waals surface area contributed by atoms with Crippen molar-refractivity contribution in [1.82, 2.24) is 18.9 Å². The van der Waals surface area contributed by atoms with E-state index in [2.05, 4.69) is 32.2 Å². The standard InChI is InChI=1S/C23H18ClF4N7O/c1-29-33-21-16(14-7-12(24)10-35-11-19(23(26,27)28)32-20(14)35)9-31-22(34(21)2)30-8-15-13-5-6-36-18(13)4-3-17(15)25/h3-4,7,9-11,33H,1,5-6,8H2,2H3. The lowest BCUT2D eigenvalue weighted by Crippen LogP contribution is -2.24. The number of anilines is 1. The van der Waals surface area contributed by atoms with Crippen LogP contribution >= 0.6 is 11.6 Å². The number of fused-ring (bicyclic) bond motifs is 2. The summed E-state index contributed by atoms with van der Waals surface area (Å²) in [6, 6.07) is 4.41. The monoisotopic (exact) mass is 519 g/mol. The molecule has 0 saturated carbocycles. The highest BCUT2D eigenvalue weighted by Crippen LogP contribution is 2.35. The summed E-state index contributed by atoms with van der Waals surface area (Å²) in [4.78, 5) is 12.6. The van der Waals surface area contributed by atoms with Crippen LogP contribution in [0.3, 0.4) is 0 Å². The number of ether oxygens (including phenoxy) is 1. The van der Waals surface area contributed by atoms with Gasteiger partial charge < -0.3 is 9.14 Å². The van der Waals surface area contributed by atoms with E-state index in [4.69, 9.17) is 16.3 Å². The van der Waals surface area contributed by atoms with Crippen LogP contribution < -0.4 is 15.8 Å². The first-order chi connectivity index (χ1) is 17.2. The van der Waals surface area contributed by atoms with Crippen LogP contribution in [0.2, 0.25) is 5.02 Å². The van der Waals surface area contributed by atoms with Gasteiger partial charge in [0.25, 0.3) is 0 Å². The Morgan fingerprint density at radius 1 is 1.25 bits per heavy atom. The van der Waals surface area contributed by atoms with Crippen LogP contribution in [0.4, 0.5) is 23.4 Å². The van der Waals surface area contributed by atoms with E-state index in [9.17, 15) is 17.6 Å². The van der Waals surface area contributed by atoms with Gasteiger partial charge in [-0.1, -0.05) is 11.6 Å². The molecule has 0 atom stereocenters. The number of imidazole rings is 1. The number of rotatable bonds is 5. The second-order valence-electron chi connectivity index (χ2n) is 7.99. The zero-order valence-corrected chi connectivity index (χ0v) is 19.5. The second kappa shape index (κ2) is 8.94. The number of hydrogen-bond donors (Lipinski definition) is 1. The van der Waals surface area contributed by atoms with Gasteiger partial charge in [0.1, 0.15) is 23.0 Å². The minimum absolute atomic E-state index is 0.0100. The summed E-state index contributed by atoms with van der Waals surface area (Å²) >= 11 is 6.20. The molecule has 36 heavy (non-hydrogen) atoms. The van der Waals surface area contributed by atoms with Crippen LogP contribution in [0.15, 0.2) is 46.9 Å². The number of benzene rings is 1. The van der Waals surface area contributed by atoms with Gasteiger partial charge in [0, 0.05) is 61.0 Å². The highest BCUT2D eigenvalue weighted by molar-refractivity contribution is 6.31. The summed E-state index contributed by atoms with van der Waals surface area (Å²) in [5.74, 6) is 0.562. The van der Waals surface area contributed by atoms with E-state index in [1.54, 1.807) is 13.1 Å². The van der Waals surface area contributed by atoms with Crippen LogP contribution in [0.25, 0.3) is 16.8 Å². The molecule has 186 valence electrons. The van der Waals surface area contributed by atoms with Gasteiger partial charge in [0.05, 0.1) is 18.2 Å². The number of nitrogens with one attached hydrogen (secondary N) is 1. The van der Waals surface area contributed by atoms with E-state index in [0.717, 1.165) is 11.8 Å². The molecule has 4 heterocycles. The summed E-state index contributed by atoms with van der Waals surface area (Å²) in [6.07, 6.45) is -0.455. The molecule has 8 nitrogen and oxygen atoms in total. The summed E-state index contributed by atoms with van der Waals surface area (Å²) in [5.41, 5.74) is 3.74. The molecule has 0 amide bonds. The maximum atomic E-state index is 14.5. The maximum absolute atomic E-state index is 14.5. The fraction of sp³-hybridized carbons (Fsp3) is 0.217. The Morgan fingerprint density at radius 3 is 2.81 bits per heavy atom. The zero-order valence-electron chi connectivity index (χ0n) is 18.8. The topological polar surface area (TPSA) is 81.1 Å². The smallest absolute Gasteiger partial charge is 0.434 e. The van der Waals surface area contributed by atoms with E-state index in [0.29, 0.717) is 35.7 Å². The Bertz CT molecular complexity index is 1580. The Balaban J connectivity index is 1.64. The molecule has 3 aromatic heterocycles. The number of aromatic nitrogens is 4. The van der Waals surface area contributed by atoms with Crippen LogP contribution in [0.1, 0.15) is 16.8 Å². The van der Waals surface area contributed by atoms with Gasteiger partial charge in [-0.05, 0) is 18.2 Å². The molecule has 0 bridgehead atoms. The maximum Gasteiger partial charge on any atom is 0.434 e. The largest absolute Gasteiger partial charge is 0.493 e. The molecular weight excluding hydrogens is 502 g/mol. The molecule has 1 aliphatic heterocycles. The Hall–Kier alpha value is -3.93. The lowest BCUT2D eigenvalue weighted by molar-refractivity contribution is -0.140. The molecule has 0 saturated heterocycles. The molecule has 1 aliphatic rings. The zero-order chi connectivity index (χ0) is 25.6. The molecule has 0 spiro atoms. The molecule has 13 heteroatoms. The molecule has 1 aromatic carbocycles. The fourth-order valence-corrected chi connectivity index (χ4v) is 4.35. The van der Waals surface area contributed by atoms with E-state index in [1.807, 2.05) is 0 Å². The summed E-state index contributed by atoms with van der Waals surface area (Å²) in [5, 5.41) is 3.90. The molecule has 5 rings (SSSR count). The van der Waals surface area contributed by atoms with Crippen molar-refractivity contribution in [3.05, 3.63) is 70.1 Å². The number of hydrogen-bond acceptors (Lipinski definition) is 6. The van der Waals surface area contributed by atoms with Gasteiger partial charge in [-0.25, -0.2) is 19.4 Å². The first-order valence-electron chi connectivity index (χ1n) is 10.6. The molecule has 0 unspecified atom stereocenters. The van der Waals surface area contributed by atoms with Crippen molar-refractivity contribution < 1.29 is 22.3 Å². The van der Waals surface area contributed by atoms with Crippen molar-refractivity contribution in [3.8, 4) is 16.9 Å². The number of nitrogens with zero attached hydrogens (tertiary/aromatic N) is 6. The Labute approximate surface area is 206 Å². The SMILES string of the molecule is C=NNc1c(-c2cc(Cl)cn3cc(C(F)(F)F)nc23)cnc(=NCc2c(F)ccc3c2CCO3)n1C. The number of alkyl halides is 3. The summed E-state index contributed by atoms with van der Waals surface area (Å²) < 4.78 is 62.7. The summed E-state index contributed by atoms with van der Waals surface area (Å²) in [7, 11) is 1.63. The van der Waals surface area contributed by atoms with E-state index < -0.39 is 17.7 Å². The molecule has 0 fully saturated rings. The molecular formula is C23H18ClF4N7O. The van der Waals surface area contributed by atoms with Gasteiger partial charge in [-0.15, -0.1) is 0 Å². The van der Waals surface area contributed by atoms with Crippen molar-refractivity contribution in [2.45, 2.75) is 19.1 Å². The third kappa shape index (κ3) is 4.17. The van der Waals surface area contributed by atoms with Crippen LogP contribution in [0.5, 0.6) is 5.75 Å². The van der Waals surface area contributed by atoms with Crippen molar-refractivity contribution in [3.63, 3.8) is 0 Å². The highest BCUT2D eigenvalue weighted by Gasteiger charge is 2.34. The third-order valence-electron chi connectivity index (χ3n) is 5.80. The lowest BCUT2D eigenvalue weighted by atomic mass is 10.0. The highest BCUT2D eigenvalue weighted by atomic mass is 35.5. The average molecular weight is 520 g/mol. The van der Waals surface area contributed by atoms with Gasteiger partial charge >= 0.3 is 6.18 Å². The quantitative estimate of drug-likeness (QED) is 0.237. The number of pyridine rings is 1. The first-order valence-corrected chi connectivity index (χ1v) is 11.0. The molecule has 4 aromatic rings. The van der Waals surface area contributed by atoms with Crippen LogP contribution in [-0.2, 0) is 26.2 Å². The second-order valence-corrected chi connectivity index (χ2v) is 8.43. The third-order valence-corrected chi connectivity index (χ3v) is 6.01.